The molecule has 0 bridgehead atoms. The molecule has 96 valence electrons. The van der Waals surface area contributed by atoms with Crippen LogP contribution in [0.15, 0.2) is 36.4 Å². The van der Waals surface area contributed by atoms with Gasteiger partial charge in [0.05, 0.1) is 5.02 Å². The van der Waals surface area contributed by atoms with E-state index in [4.69, 9.17) is 11.6 Å². The van der Waals surface area contributed by atoms with Crippen molar-refractivity contribution in [1.29, 1.82) is 0 Å². The van der Waals surface area contributed by atoms with Crippen LogP contribution in [0.3, 0.4) is 0 Å². The molecule has 0 unspecified atom stereocenters. The Labute approximate surface area is 116 Å². The maximum atomic E-state index is 13.0. The number of hydrogen-bond acceptors (Lipinski definition) is 1. The first kappa shape index (κ1) is 12.4. The lowest BCUT2D eigenvalue weighted by Gasteiger charge is -2.06. The van der Waals surface area contributed by atoms with E-state index in [9.17, 15) is 9.18 Å². The van der Waals surface area contributed by atoms with Crippen LogP contribution in [0, 0.1) is 5.82 Å². The Morgan fingerprint density at radius 2 is 1.84 bits per heavy atom. The standard InChI is InChI=1S/C16H12ClFO/c17-15-9-13(18)6-7-14(15)16(19)12-5-4-10-2-1-3-11(10)8-12/h4-9H,1-3H2. The van der Waals surface area contributed by atoms with Crippen LogP contribution in [-0.4, -0.2) is 5.78 Å². The fraction of sp³-hybridized carbons (Fsp3) is 0.188. The number of ketones is 1. The smallest absolute Gasteiger partial charge is 0.194 e. The molecule has 19 heavy (non-hydrogen) atoms. The molecular formula is C16H12ClFO. The first-order chi connectivity index (χ1) is 9.15. The van der Waals surface area contributed by atoms with Crippen molar-refractivity contribution in [3.8, 4) is 0 Å². The molecule has 0 atom stereocenters. The zero-order valence-corrected chi connectivity index (χ0v) is 11.0. The van der Waals surface area contributed by atoms with Gasteiger partial charge in [-0.15, -0.1) is 0 Å². The van der Waals surface area contributed by atoms with Gasteiger partial charge in [-0.05, 0) is 54.7 Å². The Kier molecular flexibility index (Phi) is 3.11. The molecular weight excluding hydrogens is 263 g/mol. The van der Waals surface area contributed by atoms with E-state index in [0.717, 1.165) is 19.3 Å². The SMILES string of the molecule is O=C(c1ccc2c(c1)CCC2)c1ccc(F)cc1Cl. The Balaban J connectivity index is 2.00. The van der Waals surface area contributed by atoms with Crippen LogP contribution in [0.4, 0.5) is 4.39 Å². The van der Waals surface area contributed by atoms with Crippen molar-refractivity contribution in [2.75, 3.05) is 0 Å². The van der Waals surface area contributed by atoms with E-state index in [1.807, 2.05) is 18.2 Å². The molecule has 0 radical (unpaired) electrons. The molecule has 0 saturated carbocycles. The van der Waals surface area contributed by atoms with Crippen LogP contribution in [0.2, 0.25) is 5.02 Å². The molecule has 0 aliphatic heterocycles. The molecule has 0 amide bonds. The molecule has 1 aliphatic rings. The van der Waals surface area contributed by atoms with Crippen molar-refractivity contribution in [3.63, 3.8) is 0 Å². The van der Waals surface area contributed by atoms with Gasteiger partial charge in [0.1, 0.15) is 5.82 Å². The summed E-state index contributed by atoms with van der Waals surface area (Å²) in [5, 5.41) is 0.158. The minimum atomic E-state index is -0.435. The number of aryl methyl sites for hydroxylation is 2. The third-order valence-electron chi connectivity index (χ3n) is 3.54. The molecule has 0 spiro atoms. The second-order valence-electron chi connectivity index (χ2n) is 4.79. The summed E-state index contributed by atoms with van der Waals surface area (Å²) in [5.41, 5.74) is 3.53. The van der Waals surface area contributed by atoms with E-state index in [-0.39, 0.29) is 10.8 Å². The number of hydrogen-bond donors (Lipinski definition) is 0. The molecule has 2 aromatic rings. The van der Waals surface area contributed by atoms with Crippen molar-refractivity contribution in [3.05, 3.63) is 69.5 Å². The molecule has 0 aromatic heterocycles. The van der Waals surface area contributed by atoms with Gasteiger partial charge in [0.25, 0.3) is 0 Å². The second-order valence-corrected chi connectivity index (χ2v) is 5.20. The maximum Gasteiger partial charge on any atom is 0.194 e. The molecule has 3 rings (SSSR count). The number of rotatable bonds is 2. The summed E-state index contributed by atoms with van der Waals surface area (Å²) in [7, 11) is 0. The topological polar surface area (TPSA) is 17.1 Å². The lowest BCUT2D eigenvalue weighted by molar-refractivity contribution is 0.103. The fourth-order valence-electron chi connectivity index (χ4n) is 2.54. The average Bonchev–Trinajstić information content (AvgIpc) is 2.85. The van der Waals surface area contributed by atoms with Crippen LogP contribution in [-0.2, 0) is 12.8 Å². The highest BCUT2D eigenvalue weighted by molar-refractivity contribution is 6.35. The van der Waals surface area contributed by atoms with Gasteiger partial charge >= 0.3 is 0 Å². The van der Waals surface area contributed by atoms with E-state index in [0.29, 0.717) is 11.1 Å². The first-order valence-corrected chi connectivity index (χ1v) is 6.64. The van der Waals surface area contributed by atoms with Gasteiger partial charge in [0.2, 0.25) is 0 Å². The van der Waals surface area contributed by atoms with Gasteiger partial charge < -0.3 is 0 Å². The highest BCUT2D eigenvalue weighted by atomic mass is 35.5. The molecule has 0 heterocycles. The minimum absolute atomic E-state index is 0.153. The number of halogens is 2. The van der Waals surface area contributed by atoms with Crippen LogP contribution >= 0.6 is 11.6 Å². The quantitative estimate of drug-likeness (QED) is 0.750. The lowest BCUT2D eigenvalue weighted by Crippen LogP contribution is -2.03. The van der Waals surface area contributed by atoms with Gasteiger partial charge in [-0.1, -0.05) is 23.7 Å². The van der Waals surface area contributed by atoms with Gasteiger partial charge in [-0.3, -0.25) is 4.79 Å². The molecule has 3 heteroatoms. The third-order valence-corrected chi connectivity index (χ3v) is 3.85. The van der Waals surface area contributed by atoms with Crippen molar-refractivity contribution in [1.82, 2.24) is 0 Å². The molecule has 2 aromatic carbocycles. The fourth-order valence-corrected chi connectivity index (χ4v) is 2.80. The number of carbonyl (C=O) groups excluding carboxylic acids is 1. The molecule has 0 saturated heterocycles. The summed E-state index contributed by atoms with van der Waals surface area (Å²) in [6.45, 7) is 0. The Hall–Kier alpha value is -1.67. The normalized spacial score (nSPS) is 13.4. The summed E-state index contributed by atoms with van der Waals surface area (Å²) < 4.78 is 13.0. The Morgan fingerprint density at radius 3 is 2.63 bits per heavy atom. The lowest BCUT2D eigenvalue weighted by atomic mass is 9.99. The van der Waals surface area contributed by atoms with Crippen molar-refractivity contribution < 1.29 is 9.18 Å². The first-order valence-electron chi connectivity index (χ1n) is 6.27. The zero-order valence-electron chi connectivity index (χ0n) is 10.2. The summed E-state index contributed by atoms with van der Waals surface area (Å²) in [6, 6.07) is 9.63. The summed E-state index contributed by atoms with van der Waals surface area (Å²) in [5.74, 6) is -0.588. The third kappa shape index (κ3) is 2.28. The Morgan fingerprint density at radius 1 is 1.05 bits per heavy atom. The predicted molar refractivity (Wildman–Crippen MR) is 73.3 cm³/mol. The summed E-state index contributed by atoms with van der Waals surface area (Å²) in [6.07, 6.45) is 3.25. The number of benzene rings is 2. The van der Waals surface area contributed by atoms with Gasteiger partial charge in [0, 0.05) is 11.1 Å². The van der Waals surface area contributed by atoms with E-state index in [1.54, 1.807) is 0 Å². The van der Waals surface area contributed by atoms with Crippen molar-refractivity contribution in [2.45, 2.75) is 19.3 Å². The van der Waals surface area contributed by atoms with Crippen LogP contribution in [0.1, 0.15) is 33.5 Å². The second kappa shape index (κ2) is 4.78. The maximum absolute atomic E-state index is 13.0. The van der Waals surface area contributed by atoms with Crippen LogP contribution in [0.5, 0.6) is 0 Å². The summed E-state index contributed by atoms with van der Waals surface area (Å²) >= 11 is 5.93. The molecule has 0 N–H and O–H groups in total. The van der Waals surface area contributed by atoms with Gasteiger partial charge in [-0.2, -0.15) is 0 Å². The summed E-state index contributed by atoms with van der Waals surface area (Å²) in [4.78, 5) is 12.4. The Bertz CT molecular complexity index is 664. The molecule has 0 fully saturated rings. The molecule has 1 nitrogen and oxygen atoms in total. The highest BCUT2D eigenvalue weighted by Gasteiger charge is 2.17. The van der Waals surface area contributed by atoms with Crippen molar-refractivity contribution >= 4 is 17.4 Å². The number of fused-ring (bicyclic) bond motifs is 1. The van der Waals surface area contributed by atoms with E-state index in [2.05, 4.69) is 0 Å². The van der Waals surface area contributed by atoms with Gasteiger partial charge in [0.15, 0.2) is 5.78 Å². The van der Waals surface area contributed by atoms with Crippen LogP contribution < -0.4 is 0 Å². The number of carbonyl (C=O) groups is 1. The van der Waals surface area contributed by atoms with E-state index < -0.39 is 5.82 Å². The average molecular weight is 275 g/mol. The zero-order chi connectivity index (χ0) is 13.4. The minimum Gasteiger partial charge on any atom is -0.289 e. The van der Waals surface area contributed by atoms with Crippen LogP contribution in [0.25, 0.3) is 0 Å². The largest absolute Gasteiger partial charge is 0.289 e. The molecule has 1 aliphatic carbocycles. The van der Waals surface area contributed by atoms with Gasteiger partial charge in [-0.25, -0.2) is 4.39 Å². The predicted octanol–water partition coefficient (Wildman–Crippen LogP) is 4.20. The monoisotopic (exact) mass is 274 g/mol. The van der Waals surface area contributed by atoms with E-state index >= 15 is 0 Å². The van der Waals surface area contributed by atoms with E-state index in [1.165, 1.54) is 29.3 Å². The van der Waals surface area contributed by atoms with Crippen molar-refractivity contribution in [2.24, 2.45) is 0 Å². The highest BCUT2D eigenvalue weighted by Crippen LogP contribution is 2.26.